The zero-order chi connectivity index (χ0) is 83.6. The molecule has 0 unspecified atom stereocenters. The van der Waals surface area contributed by atoms with Gasteiger partial charge in [-0.15, -0.1) is 0 Å². The van der Waals surface area contributed by atoms with Crippen molar-refractivity contribution in [2.75, 3.05) is 13.1 Å². The van der Waals surface area contributed by atoms with Crippen LogP contribution in [0.2, 0.25) is 36.3 Å². The number of azide groups is 2. The summed E-state index contributed by atoms with van der Waals surface area (Å²) >= 11 is 0. The van der Waals surface area contributed by atoms with Crippen LogP contribution in [0.1, 0.15) is 153 Å². The Balaban J connectivity index is 0.000000290. The Bertz CT molecular complexity index is 4430. The van der Waals surface area contributed by atoms with E-state index >= 15 is 0 Å². The first-order valence-corrected chi connectivity index (χ1v) is 43.5. The van der Waals surface area contributed by atoms with Crippen LogP contribution in [0.5, 0.6) is 11.5 Å². The number of carbonyl (C=O) groups is 9. The maximum atomic E-state index is 14.1. The van der Waals surface area contributed by atoms with Crippen LogP contribution in [0.15, 0.2) is 144 Å². The molecule has 5 N–H and O–H groups in total. The predicted molar refractivity (Wildman–Crippen MR) is 438 cm³/mol. The standard InChI is InChI=1S/C39H52N6O6Si.C34H46N2O5Si.C10H16N4O4/c1-25(46)32(21-26-15-18-31(19-16-26)51-52(8,9)39(5,6)7)41-35(47)33(22-27-14-17-28-12-10-11-13-29(28)20-27)42-36(48)34-23-30(43-44-40)24-45(34)37(49)50-38(2,3)4;1-23(37)29(21-24-15-18-28(19-16-24)41-42(8,9)34(5,6)7)35-31(38)30(36-32(39)40-33(2,3)4)22-25-14-17-26-12-10-11-13-27(26)20-25;1-10(2,3)18-9(17)14-5-6(12-13-11)4-7(14)8(15)16/h10-20,30,32-34H,21-24H2,1-9H3,(H,41,47)(H,42,48);10-20,29-30H,21-22H2,1-9H3,(H,35,38)(H,36,39);6-7H,4-5H2,1-3H3,(H,15,16)/t30-,32-,33-,34-;29-,30-;6-,7-/m000/s1. The van der Waals surface area contributed by atoms with Gasteiger partial charge in [-0.25, -0.2) is 19.2 Å². The van der Waals surface area contributed by atoms with E-state index in [-0.39, 0.29) is 66.8 Å². The number of ether oxygens (including phenoxy) is 3. The molecule has 0 bridgehead atoms. The van der Waals surface area contributed by atoms with E-state index in [0.717, 1.165) is 60.2 Å². The molecule has 6 aromatic rings. The van der Waals surface area contributed by atoms with Crippen LogP contribution in [0.3, 0.4) is 0 Å². The fourth-order valence-electron chi connectivity index (χ4n) is 11.7. The molecular weight excluding hydrogens is 1460 g/mol. The number of carboxylic acid groups (broad SMARTS) is 1. The second-order valence-corrected chi connectivity index (χ2v) is 44.1. The highest BCUT2D eigenvalue weighted by molar-refractivity contribution is 6.75. The number of fused-ring (bicyclic) bond motifs is 2. The number of likely N-dealkylation sites (tertiary alicyclic amines) is 2. The predicted octanol–water partition coefficient (Wildman–Crippen LogP) is 16.0. The number of rotatable bonds is 24. The number of hydrogen-bond acceptors (Lipinski definition) is 16. The Morgan fingerprint density at radius 3 is 1.12 bits per heavy atom. The number of aliphatic carboxylic acids is 1. The second-order valence-electron chi connectivity index (χ2n) is 34.6. The molecule has 6 amide bonds. The van der Waals surface area contributed by atoms with Crippen molar-refractivity contribution in [3.8, 4) is 11.5 Å². The van der Waals surface area contributed by atoms with E-state index in [4.69, 9.17) is 39.2 Å². The van der Waals surface area contributed by atoms with Crippen LogP contribution in [0, 0.1) is 0 Å². The van der Waals surface area contributed by atoms with Gasteiger partial charge in [0.05, 0.1) is 24.2 Å². The molecule has 29 heteroatoms. The first kappa shape index (κ1) is 90.4. The van der Waals surface area contributed by atoms with Crippen LogP contribution >= 0.6 is 0 Å². The number of nitrogens with zero attached hydrogens (tertiary/aromatic N) is 8. The summed E-state index contributed by atoms with van der Waals surface area (Å²) in [5.41, 5.74) is 18.6. The van der Waals surface area contributed by atoms with Gasteiger partial charge in [0.2, 0.25) is 34.4 Å². The summed E-state index contributed by atoms with van der Waals surface area (Å²) in [7, 11) is -4.02. The fourth-order valence-corrected chi connectivity index (χ4v) is 13.8. The molecule has 27 nitrogen and oxygen atoms in total. The maximum absolute atomic E-state index is 14.1. The molecule has 8 atom stereocenters. The lowest BCUT2D eigenvalue weighted by Gasteiger charge is -2.36. The molecule has 6 aromatic carbocycles. The monoisotopic (exact) mass is 1570 g/mol. The van der Waals surface area contributed by atoms with Gasteiger partial charge in [0.15, 0.2) is 11.6 Å². The van der Waals surface area contributed by atoms with E-state index < -0.39 is 124 Å². The van der Waals surface area contributed by atoms with Crippen LogP contribution in [0.4, 0.5) is 14.4 Å². The van der Waals surface area contributed by atoms with Crippen LogP contribution < -0.4 is 30.1 Å². The van der Waals surface area contributed by atoms with Crippen LogP contribution in [0.25, 0.3) is 42.4 Å². The number of ketones is 2. The number of nitrogens with one attached hydrogen (secondary N) is 4. The molecule has 0 radical (unpaired) electrons. The first-order chi connectivity index (χ1) is 51.9. The average Bonchev–Trinajstić information content (AvgIpc) is 1.34. The minimum atomic E-state index is -2.04. The number of hydrogen-bond donors (Lipinski definition) is 5. The minimum absolute atomic E-state index is 0.00920. The lowest BCUT2D eigenvalue weighted by atomic mass is 9.99. The number of carbonyl (C=O) groups excluding carboxylic acids is 8. The fraction of sp³-hybridized carbons (Fsp3) is 0.506. The van der Waals surface area contributed by atoms with Crippen molar-refractivity contribution in [1.29, 1.82) is 0 Å². The van der Waals surface area contributed by atoms with E-state index in [2.05, 4.69) is 109 Å². The molecule has 2 heterocycles. The third-order valence-corrected chi connectivity index (χ3v) is 28.4. The summed E-state index contributed by atoms with van der Waals surface area (Å²) in [6, 6.07) is 35.9. The van der Waals surface area contributed by atoms with Crippen molar-refractivity contribution in [3.05, 3.63) is 177 Å². The quantitative estimate of drug-likeness (QED) is 0.0124. The highest BCUT2D eigenvalue weighted by Gasteiger charge is 2.45. The second kappa shape index (κ2) is 38.2. The number of alkyl carbamates (subject to hydrolysis) is 1. The van der Waals surface area contributed by atoms with E-state index in [1.807, 2.05) is 133 Å². The molecule has 2 saturated heterocycles. The van der Waals surface area contributed by atoms with Crippen molar-refractivity contribution in [1.82, 2.24) is 31.1 Å². The Morgan fingerprint density at radius 2 is 0.786 bits per heavy atom. The van der Waals surface area contributed by atoms with Crippen molar-refractivity contribution in [3.63, 3.8) is 0 Å². The van der Waals surface area contributed by atoms with Gasteiger partial charge in [0.1, 0.15) is 52.5 Å². The zero-order valence-corrected chi connectivity index (χ0v) is 70.7. The Hall–Kier alpha value is -10.5. The third-order valence-electron chi connectivity index (χ3n) is 19.7. The number of carboxylic acids is 1. The highest BCUT2D eigenvalue weighted by atomic mass is 28.4. The smallest absolute Gasteiger partial charge is 0.411 e. The molecule has 0 spiro atoms. The van der Waals surface area contributed by atoms with Gasteiger partial charge in [0, 0.05) is 35.8 Å². The summed E-state index contributed by atoms with van der Waals surface area (Å²) in [6.07, 6.45) is -1.05. The molecule has 0 saturated carbocycles. The molecule has 2 aliphatic heterocycles. The zero-order valence-electron chi connectivity index (χ0n) is 68.7. The molecular formula is C83H114N12O15Si2. The highest BCUT2D eigenvalue weighted by Crippen LogP contribution is 2.39. The van der Waals surface area contributed by atoms with Crippen LogP contribution in [-0.4, -0.2) is 163 Å². The van der Waals surface area contributed by atoms with E-state index in [9.17, 15) is 43.2 Å². The summed E-state index contributed by atoms with van der Waals surface area (Å²) in [5.74, 6) is -1.59. The molecule has 0 aromatic heterocycles. The van der Waals surface area contributed by atoms with Crippen molar-refractivity contribution < 1.29 is 71.3 Å². The number of Topliss-reactive ketones (excluding diaryl/α,β-unsaturated/α-hetero) is 2. The van der Waals surface area contributed by atoms with Crippen molar-refractivity contribution in [2.45, 2.75) is 258 Å². The van der Waals surface area contributed by atoms with Crippen molar-refractivity contribution in [2.24, 2.45) is 10.2 Å². The third kappa shape index (κ3) is 27.8. The molecule has 604 valence electrons. The summed E-state index contributed by atoms with van der Waals surface area (Å²) in [4.78, 5) is 124. The Morgan fingerprint density at radius 1 is 0.455 bits per heavy atom. The summed E-state index contributed by atoms with van der Waals surface area (Å²) in [6.45, 7) is 40.3. The SMILES string of the molecule is CC(=O)[C@H](Cc1ccc(O[Si](C)(C)C(C)(C)C)cc1)NC(=O)[C@H](Cc1ccc2ccccc2c1)NC(=O)OC(C)(C)C.CC(=O)[C@H](Cc1ccc(O[Si](C)(C)C(C)(C)C)cc1)NC(=O)[C@H](Cc1ccc2ccccc2c1)NC(=O)[C@@H]1C[C@H](N=[N+]=[N-])CN1C(=O)OC(C)(C)C.CC(C)(C)OC(=O)N1C[C@@H](N=[N+]=[N-])C[C@H]1C(=O)O. The topological polar surface area (TPSA) is 372 Å². The van der Waals surface area contributed by atoms with Gasteiger partial charge in [-0.3, -0.25) is 33.8 Å². The number of amides is 6. The Kier molecular flexibility index (Phi) is 30.8. The first-order valence-electron chi connectivity index (χ1n) is 37.7. The maximum Gasteiger partial charge on any atom is 0.411 e. The molecule has 8 rings (SSSR count). The van der Waals surface area contributed by atoms with Crippen LogP contribution in [-0.2, 0) is 68.7 Å². The molecule has 2 aliphatic rings. The largest absolute Gasteiger partial charge is 0.544 e. The van der Waals surface area contributed by atoms with E-state index in [0.29, 0.717) is 6.42 Å². The molecule has 2 fully saturated rings. The van der Waals surface area contributed by atoms with Gasteiger partial charge >= 0.3 is 24.2 Å². The van der Waals surface area contributed by atoms with Gasteiger partial charge < -0.3 is 49.4 Å². The van der Waals surface area contributed by atoms with Gasteiger partial charge in [-0.2, -0.15) is 0 Å². The molecule has 0 aliphatic carbocycles. The van der Waals surface area contributed by atoms with Gasteiger partial charge in [-0.05, 0) is 217 Å². The number of benzene rings is 6. The Labute approximate surface area is 659 Å². The van der Waals surface area contributed by atoms with Gasteiger partial charge in [-0.1, -0.05) is 161 Å². The molecule has 112 heavy (non-hydrogen) atoms. The lowest BCUT2D eigenvalue weighted by Crippen LogP contribution is -2.56. The summed E-state index contributed by atoms with van der Waals surface area (Å²) < 4.78 is 28.9. The summed E-state index contributed by atoms with van der Waals surface area (Å²) in [5, 5.41) is 31.8. The van der Waals surface area contributed by atoms with E-state index in [1.165, 1.54) is 18.7 Å². The lowest BCUT2D eigenvalue weighted by molar-refractivity contribution is -0.142. The average molecular weight is 1580 g/mol. The van der Waals surface area contributed by atoms with Crippen molar-refractivity contribution >= 4 is 91.7 Å². The van der Waals surface area contributed by atoms with Gasteiger partial charge in [0.25, 0.3) is 0 Å². The normalized spacial score (nSPS) is 17.0. The van der Waals surface area contributed by atoms with E-state index in [1.54, 1.807) is 62.3 Å². The minimum Gasteiger partial charge on any atom is -0.544 e.